The Balaban J connectivity index is 1.68. The number of pyridine rings is 1. The maximum absolute atomic E-state index is 11.8. The molecule has 132 valence electrons. The molecular weight excluding hydrogens is 318 g/mol. The van der Waals surface area contributed by atoms with E-state index in [1.54, 1.807) is 18.3 Å². The maximum atomic E-state index is 11.8. The molecule has 1 fully saturated rings. The summed E-state index contributed by atoms with van der Waals surface area (Å²) in [5, 5.41) is 19.1. The normalized spacial score (nSPS) is 17.8. The molecule has 2 N–H and O–H groups in total. The number of phenols is 1. The molecule has 1 unspecified atom stereocenters. The lowest BCUT2D eigenvalue weighted by Crippen LogP contribution is -2.37. The Kier molecular flexibility index (Phi) is 5.63. The van der Waals surface area contributed by atoms with E-state index in [2.05, 4.69) is 16.0 Å². The molecule has 6 heteroatoms. The Morgan fingerprint density at radius 2 is 1.92 bits per heavy atom. The molecule has 3 rings (SSSR count). The maximum Gasteiger partial charge on any atom is 0.325 e. The number of hydrogen-bond acceptors (Lipinski definition) is 5. The van der Waals surface area contributed by atoms with E-state index < -0.39 is 12.0 Å². The van der Waals surface area contributed by atoms with Gasteiger partial charge in [0.15, 0.2) is 0 Å². The van der Waals surface area contributed by atoms with Crippen LogP contribution >= 0.6 is 0 Å². The first-order chi connectivity index (χ1) is 12.1. The zero-order valence-electron chi connectivity index (χ0n) is 14.1. The lowest BCUT2D eigenvalue weighted by Gasteiger charge is -2.28. The zero-order chi connectivity index (χ0) is 17.6. The van der Waals surface area contributed by atoms with E-state index in [1.165, 1.54) is 17.7 Å². The molecule has 1 saturated heterocycles. The second-order valence-electron chi connectivity index (χ2n) is 6.36. The topological polar surface area (TPSA) is 76.9 Å². The van der Waals surface area contributed by atoms with Crippen molar-refractivity contribution in [3.05, 3.63) is 59.9 Å². The van der Waals surface area contributed by atoms with Crippen LogP contribution < -0.4 is 0 Å². The predicted octanol–water partition coefficient (Wildman–Crippen LogP) is 2.12. The molecule has 0 bridgehead atoms. The predicted molar refractivity (Wildman–Crippen MR) is 94.2 cm³/mol. The van der Waals surface area contributed by atoms with Gasteiger partial charge in [-0.3, -0.25) is 19.6 Å². The highest BCUT2D eigenvalue weighted by Crippen LogP contribution is 2.24. The summed E-state index contributed by atoms with van der Waals surface area (Å²) < 4.78 is 0. The van der Waals surface area contributed by atoms with E-state index in [0.717, 1.165) is 32.6 Å². The van der Waals surface area contributed by atoms with Crippen LogP contribution in [0.1, 0.15) is 23.6 Å². The minimum Gasteiger partial charge on any atom is -0.508 e. The Morgan fingerprint density at radius 1 is 1.12 bits per heavy atom. The van der Waals surface area contributed by atoms with Gasteiger partial charge in [0, 0.05) is 38.6 Å². The Hall–Kier alpha value is -2.44. The van der Waals surface area contributed by atoms with E-state index in [4.69, 9.17) is 0 Å². The molecule has 1 aliphatic rings. The zero-order valence-corrected chi connectivity index (χ0v) is 14.1. The number of phenolic OH excluding ortho intramolecular Hbond substituents is 1. The molecule has 0 radical (unpaired) electrons. The van der Waals surface area contributed by atoms with Crippen LogP contribution in [0, 0.1) is 0 Å². The highest BCUT2D eigenvalue weighted by Gasteiger charge is 2.29. The van der Waals surface area contributed by atoms with Crippen LogP contribution in [-0.4, -0.2) is 57.1 Å². The van der Waals surface area contributed by atoms with Crippen molar-refractivity contribution in [3.8, 4) is 5.75 Å². The summed E-state index contributed by atoms with van der Waals surface area (Å²) >= 11 is 0. The fourth-order valence-corrected chi connectivity index (χ4v) is 3.32. The van der Waals surface area contributed by atoms with E-state index in [-0.39, 0.29) is 5.75 Å². The van der Waals surface area contributed by atoms with Gasteiger partial charge in [0.1, 0.15) is 11.8 Å². The Bertz CT molecular complexity index is 691. The first-order valence-corrected chi connectivity index (χ1v) is 8.50. The quantitative estimate of drug-likeness (QED) is 0.867. The van der Waals surface area contributed by atoms with E-state index >= 15 is 0 Å². The van der Waals surface area contributed by atoms with Crippen molar-refractivity contribution in [2.24, 2.45) is 0 Å². The van der Waals surface area contributed by atoms with Crippen molar-refractivity contribution in [2.75, 3.05) is 26.2 Å². The average molecular weight is 341 g/mol. The van der Waals surface area contributed by atoms with Gasteiger partial charge in [-0.2, -0.15) is 0 Å². The van der Waals surface area contributed by atoms with E-state index in [0.29, 0.717) is 12.1 Å². The molecule has 0 amide bonds. The summed E-state index contributed by atoms with van der Waals surface area (Å²) in [5.74, 6) is -0.710. The van der Waals surface area contributed by atoms with Gasteiger partial charge in [0.2, 0.25) is 0 Å². The molecule has 1 atom stereocenters. The van der Waals surface area contributed by atoms with Crippen LogP contribution in [0.4, 0.5) is 0 Å². The molecular formula is C19H23N3O3. The van der Waals surface area contributed by atoms with Crippen LogP contribution in [0.15, 0.2) is 48.8 Å². The number of aliphatic carboxylic acids is 1. The number of aromatic nitrogens is 1. The van der Waals surface area contributed by atoms with Gasteiger partial charge < -0.3 is 10.2 Å². The van der Waals surface area contributed by atoms with E-state index in [9.17, 15) is 15.0 Å². The molecule has 6 nitrogen and oxygen atoms in total. The third-order valence-electron chi connectivity index (χ3n) is 4.56. The largest absolute Gasteiger partial charge is 0.508 e. The second-order valence-corrected chi connectivity index (χ2v) is 6.36. The van der Waals surface area contributed by atoms with Crippen LogP contribution in [0.2, 0.25) is 0 Å². The number of aromatic hydroxyl groups is 1. The fourth-order valence-electron chi connectivity index (χ4n) is 3.32. The number of hydrogen-bond donors (Lipinski definition) is 2. The van der Waals surface area contributed by atoms with Gasteiger partial charge in [0.05, 0.1) is 0 Å². The minimum atomic E-state index is -0.855. The number of carboxylic acids is 1. The third-order valence-corrected chi connectivity index (χ3v) is 4.56. The first kappa shape index (κ1) is 17.4. The van der Waals surface area contributed by atoms with Crippen molar-refractivity contribution in [1.82, 2.24) is 14.8 Å². The molecule has 1 aromatic heterocycles. The van der Waals surface area contributed by atoms with Crippen LogP contribution in [-0.2, 0) is 11.3 Å². The van der Waals surface area contributed by atoms with Gasteiger partial charge >= 0.3 is 5.97 Å². The van der Waals surface area contributed by atoms with Crippen molar-refractivity contribution in [3.63, 3.8) is 0 Å². The van der Waals surface area contributed by atoms with Crippen LogP contribution in [0.25, 0.3) is 0 Å². The van der Waals surface area contributed by atoms with Crippen molar-refractivity contribution >= 4 is 5.97 Å². The van der Waals surface area contributed by atoms with Crippen LogP contribution in [0.5, 0.6) is 5.75 Å². The molecule has 25 heavy (non-hydrogen) atoms. The van der Waals surface area contributed by atoms with Gasteiger partial charge in [-0.1, -0.05) is 18.2 Å². The van der Waals surface area contributed by atoms with Gasteiger partial charge in [0.25, 0.3) is 0 Å². The first-order valence-electron chi connectivity index (χ1n) is 8.50. The number of rotatable bonds is 5. The third kappa shape index (κ3) is 4.55. The molecule has 2 heterocycles. The summed E-state index contributed by atoms with van der Waals surface area (Å²) in [5.41, 5.74) is 1.87. The fraction of sp³-hybridized carbons (Fsp3) is 0.368. The smallest absolute Gasteiger partial charge is 0.325 e. The second kappa shape index (κ2) is 8.09. The molecule has 0 aliphatic carbocycles. The molecule has 1 aromatic carbocycles. The Labute approximate surface area is 147 Å². The Morgan fingerprint density at radius 3 is 2.60 bits per heavy atom. The summed E-state index contributed by atoms with van der Waals surface area (Å²) in [7, 11) is 0. The number of carbonyl (C=O) groups is 1. The summed E-state index contributed by atoms with van der Waals surface area (Å²) in [6, 6.07) is 9.77. The average Bonchev–Trinajstić information content (AvgIpc) is 2.83. The van der Waals surface area contributed by atoms with Gasteiger partial charge in [-0.25, -0.2) is 0 Å². The van der Waals surface area contributed by atoms with E-state index in [1.807, 2.05) is 17.2 Å². The lowest BCUT2D eigenvalue weighted by atomic mass is 10.0. The SMILES string of the molecule is O=C(O)C(c1ccc(O)cc1)N1CCCN(Cc2cccnc2)CC1. The summed E-state index contributed by atoms with van der Waals surface area (Å²) in [6.45, 7) is 4.02. The van der Waals surface area contributed by atoms with Gasteiger partial charge in [-0.15, -0.1) is 0 Å². The van der Waals surface area contributed by atoms with Crippen LogP contribution in [0.3, 0.4) is 0 Å². The monoisotopic (exact) mass is 341 g/mol. The molecule has 0 spiro atoms. The number of nitrogens with zero attached hydrogens (tertiary/aromatic N) is 3. The summed E-state index contributed by atoms with van der Waals surface area (Å²) in [6.07, 6.45) is 4.56. The number of carboxylic acid groups (broad SMARTS) is 1. The standard InChI is InChI=1S/C19H23N3O3/c23-17-6-4-16(5-7-17)18(19(24)25)22-10-2-9-21(11-12-22)14-15-3-1-8-20-13-15/h1,3-8,13,18,23H,2,9-12,14H2,(H,24,25). The van der Waals surface area contributed by atoms with Gasteiger partial charge in [-0.05, 0) is 42.3 Å². The number of benzene rings is 1. The molecule has 2 aromatic rings. The molecule has 0 saturated carbocycles. The van der Waals surface area contributed by atoms with Crippen molar-refractivity contribution < 1.29 is 15.0 Å². The van der Waals surface area contributed by atoms with Crippen molar-refractivity contribution in [2.45, 2.75) is 19.0 Å². The lowest BCUT2D eigenvalue weighted by molar-refractivity contribution is -0.143. The minimum absolute atomic E-state index is 0.145. The highest BCUT2D eigenvalue weighted by atomic mass is 16.4. The summed E-state index contributed by atoms with van der Waals surface area (Å²) in [4.78, 5) is 20.3. The van der Waals surface area contributed by atoms with Crippen molar-refractivity contribution in [1.29, 1.82) is 0 Å². The highest BCUT2D eigenvalue weighted by molar-refractivity contribution is 5.75. The molecule has 1 aliphatic heterocycles.